The van der Waals surface area contributed by atoms with Crippen molar-refractivity contribution in [3.05, 3.63) is 52.5 Å². The first-order valence-corrected chi connectivity index (χ1v) is 9.63. The van der Waals surface area contributed by atoms with Crippen molar-refractivity contribution < 1.29 is 19.1 Å². The molecule has 0 aliphatic rings. The summed E-state index contributed by atoms with van der Waals surface area (Å²) >= 11 is 7.60. The third kappa shape index (κ3) is 5.55. The zero-order valence-corrected chi connectivity index (χ0v) is 16.9. The summed E-state index contributed by atoms with van der Waals surface area (Å²) in [7, 11) is 3.06. The first-order valence-electron chi connectivity index (χ1n) is 8.02. The van der Waals surface area contributed by atoms with Crippen molar-refractivity contribution in [2.45, 2.75) is 11.4 Å². The van der Waals surface area contributed by atoms with E-state index < -0.39 is 5.97 Å². The van der Waals surface area contributed by atoms with Crippen LogP contribution in [0.2, 0.25) is 5.02 Å². The molecule has 2 rings (SSSR count). The van der Waals surface area contributed by atoms with Crippen LogP contribution in [0.1, 0.15) is 15.9 Å². The summed E-state index contributed by atoms with van der Waals surface area (Å²) in [5, 5.41) is 0.208. The number of carbonyl (C=O) groups is 2. The third-order valence-corrected chi connectivity index (χ3v) is 4.94. The van der Waals surface area contributed by atoms with E-state index in [-0.39, 0.29) is 34.5 Å². The number of nitrogen functional groups attached to an aromatic ring is 1. The fraction of sp³-hybridized carbons (Fsp3) is 0.263. The molecule has 0 saturated carbocycles. The van der Waals surface area contributed by atoms with Gasteiger partial charge in [0.05, 0.1) is 17.8 Å². The molecule has 0 saturated heterocycles. The molecule has 1 amide bonds. The first-order chi connectivity index (χ1) is 12.8. The second-order valence-electron chi connectivity index (χ2n) is 5.75. The number of rotatable bonds is 7. The summed E-state index contributed by atoms with van der Waals surface area (Å²) in [4.78, 5) is 27.2. The molecule has 144 valence electrons. The number of benzene rings is 2. The molecule has 0 bridgehead atoms. The third-order valence-electron chi connectivity index (χ3n) is 3.87. The van der Waals surface area contributed by atoms with Crippen molar-refractivity contribution in [3.63, 3.8) is 0 Å². The van der Waals surface area contributed by atoms with Gasteiger partial charge in [0.25, 0.3) is 5.91 Å². The van der Waals surface area contributed by atoms with Crippen LogP contribution in [0.4, 0.5) is 5.69 Å². The number of esters is 1. The molecule has 6 nitrogen and oxygen atoms in total. The van der Waals surface area contributed by atoms with Gasteiger partial charge < -0.3 is 20.1 Å². The molecule has 0 atom stereocenters. The molecule has 0 radical (unpaired) electrons. The summed E-state index contributed by atoms with van der Waals surface area (Å²) in [6.07, 6.45) is 2.00. The smallest absolute Gasteiger partial charge is 0.342 e. The van der Waals surface area contributed by atoms with Crippen molar-refractivity contribution in [1.82, 2.24) is 4.90 Å². The van der Waals surface area contributed by atoms with Crippen LogP contribution in [-0.2, 0) is 16.1 Å². The number of hydrogen-bond acceptors (Lipinski definition) is 6. The quantitative estimate of drug-likeness (QED) is 0.429. The van der Waals surface area contributed by atoms with Crippen molar-refractivity contribution in [2.24, 2.45) is 0 Å². The molecule has 0 aliphatic carbocycles. The van der Waals surface area contributed by atoms with E-state index in [4.69, 9.17) is 26.8 Å². The monoisotopic (exact) mass is 408 g/mol. The van der Waals surface area contributed by atoms with E-state index in [2.05, 4.69) is 0 Å². The molecule has 2 aromatic carbocycles. The van der Waals surface area contributed by atoms with Gasteiger partial charge in [0, 0.05) is 24.6 Å². The summed E-state index contributed by atoms with van der Waals surface area (Å²) < 4.78 is 10.2. The van der Waals surface area contributed by atoms with Crippen LogP contribution in [0.25, 0.3) is 0 Å². The van der Waals surface area contributed by atoms with Crippen LogP contribution in [0.15, 0.2) is 41.3 Å². The second-order valence-corrected chi connectivity index (χ2v) is 7.03. The van der Waals surface area contributed by atoms with Crippen LogP contribution >= 0.6 is 23.4 Å². The Hall–Kier alpha value is -2.38. The lowest BCUT2D eigenvalue weighted by molar-refractivity contribution is -0.133. The number of nitrogens with zero attached hydrogens (tertiary/aromatic N) is 1. The highest BCUT2D eigenvalue weighted by atomic mass is 35.5. The van der Waals surface area contributed by atoms with Crippen molar-refractivity contribution in [1.29, 1.82) is 0 Å². The lowest BCUT2D eigenvalue weighted by atomic mass is 10.2. The number of amides is 1. The highest BCUT2D eigenvalue weighted by molar-refractivity contribution is 7.98. The van der Waals surface area contributed by atoms with Crippen LogP contribution in [0.5, 0.6) is 5.75 Å². The molecular formula is C19H21ClN2O4S. The van der Waals surface area contributed by atoms with Gasteiger partial charge in [-0.05, 0) is 30.0 Å². The summed E-state index contributed by atoms with van der Waals surface area (Å²) in [6.45, 7) is 0.0332. The maximum atomic E-state index is 12.3. The van der Waals surface area contributed by atoms with E-state index in [1.807, 2.05) is 30.5 Å². The highest BCUT2D eigenvalue weighted by Gasteiger charge is 2.19. The average molecular weight is 409 g/mol. The van der Waals surface area contributed by atoms with Crippen molar-refractivity contribution in [2.75, 3.05) is 32.8 Å². The minimum Gasteiger partial charge on any atom is -0.496 e. The molecule has 0 heterocycles. The molecule has 0 aliphatic heterocycles. The largest absolute Gasteiger partial charge is 0.496 e. The number of carbonyl (C=O) groups excluding carboxylic acids is 2. The number of anilines is 1. The van der Waals surface area contributed by atoms with Gasteiger partial charge in [0.1, 0.15) is 11.3 Å². The Balaban J connectivity index is 1.95. The van der Waals surface area contributed by atoms with Gasteiger partial charge in [0.2, 0.25) is 0 Å². The van der Waals surface area contributed by atoms with Crippen LogP contribution in [0.3, 0.4) is 0 Å². The lowest BCUT2D eigenvalue weighted by Gasteiger charge is -2.18. The van der Waals surface area contributed by atoms with Gasteiger partial charge in [0.15, 0.2) is 6.61 Å². The van der Waals surface area contributed by atoms with Gasteiger partial charge in [-0.3, -0.25) is 4.79 Å². The number of thioether (sulfide) groups is 1. The molecule has 0 fully saturated rings. The molecule has 2 N–H and O–H groups in total. The predicted molar refractivity (Wildman–Crippen MR) is 107 cm³/mol. The van der Waals surface area contributed by atoms with E-state index in [9.17, 15) is 9.59 Å². The maximum absolute atomic E-state index is 12.3. The number of hydrogen-bond donors (Lipinski definition) is 1. The minimum atomic E-state index is -0.708. The minimum absolute atomic E-state index is 0.111. The van der Waals surface area contributed by atoms with Crippen LogP contribution < -0.4 is 10.5 Å². The summed E-state index contributed by atoms with van der Waals surface area (Å²) in [5.74, 6) is -0.797. The standard InChI is InChI=1S/C19H21ClN2O4S/c1-22(10-12-4-6-13(27-3)7-5-12)18(23)11-26-19(24)14-8-15(20)16(21)9-17(14)25-2/h4-9H,10-11,21H2,1-3H3. The summed E-state index contributed by atoms with van der Waals surface area (Å²) in [6, 6.07) is 10.7. The number of likely N-dealkylation sites (N-methyl/N-ethyl adjacent to an activating group) is 1. The van der Waals surface area contributed by atoms with Gasteiger partial charge in [-0.15, -0.1) is 11.8 Å². The Labute approximate surface area is 167 Å². The molecule has 8 heteroatoms. The van der Waals surface area contributed by atoms with Crippen molar-refractivity contribution >= 4 is 40.9 Å². The van der Waals surface area contributed by atoms with Gasteiger partial charge in [-0.1, -0.05) is 23.7 Å². The van der Waals surface area contributed by atoms with E-state index in [1.165, 1.54) is 24.1 Å². The molecule has 0 spiro atoms. The second kappa shape index (κ2) is 9.53. The first kappa shape index (κ1) is 20.9. The van der Waals surface area contributed by atoms with Gasteiger partial charge in [-0.25, -0.2) is 4.79 Å². The van der Waals surface area contributed by atoms with Crippen molar-refractivity contribution in [3.8, 4) is 5.75 Å². The zero-order valence-electron chi connectivity index (χ0n) is 15.3. The molecular weight excluding hydrogens is 388 g/mol. The number of methoxy groups -OCH3 is 1. The Bertz CT molecular complexity index is 827. The maximum Gasteiger partial charge on any atom is 0.342 e. The zero-order chi connectivity index (χ0) is 20.0. The number of ether oxygens (including phenoxy) is 2. The number of nitrogens with two attached hydrogens (primary N) is 1. The Morgan fingerprint density at radius 1 is 1.22 bits per heavy atom. The highest BCUT2D eigenvalue weighted by Crippen LogP contribution is 2.29. The SMILES string of the molecule is COc1cc(N)c(Cl)cc1C(=O)OCC(=O)N(C)Cc1ccc(SC)cc1. The van der Waals surface area contributed by atoms with E-state index in [1.54, 1.807) is 18.8 Å². The number of halogens is 1. The lowest BCUT2D eigenvalue weighted by Crippen LogP contribution is -2.30. The Morgan fingerprint density at radius 3 is 2.48 bits per heavy atom. The van der Waals surface area contributed by atoms with Gasteiger partial charge >= 0.3 is 5.97 Å². The molecule has 0 aromatic heterocycles. The van der Waals surface area contributed by atoms with E-state index in [0.29, 0.717) is 6.54 Å². The normalized spacial score (nSPS) is 10.4. The van der Waals surface area contributed by atoms with Crippen LogP contribution in [-0.4, -0.2) is 43.8 Å². The fourth-order valence-electron chi connectivity index (χ4n) is 2.31. The van der Waals surface area contributed by atoms with E-state index >= 15 is 0 Å². The average Bonchev–Trinajstić information content (AvgIpc) is 2.67. The molecule has 0 unspecified atom stereocenters. The Kier molecular flexibility index (Phi) is 7.38. The summed E-state index contributed by atoms with van der Waals surface area (Å²) in [5.41, 5.74) is 7.08. The van der Waals surface area contributed by atoms with E-state index in [0.717, 1.165) is 10.5 Å². The van der Waals surface area contributed by atoms with Gasteiger partial charge in [-0.2, -0.15) is 0 Å². The molecule has 27 heavy (non-hydrogen) atoms. The fourth-order valence-corrected chi connectivity index (χ4v) is 2.88. The Morgan fingerprint density at radius 2 is 1.89 bits per heavy atom. The van der Waals surface area contributed by atoms with Crippen LogP contribution in [0, 0.1) is 0 Å². The predicted octanol–water partition coefficient (Wildman–Crippen LogP) is 3.47. The molecule has 2 aromatic rings. The topological polar surface area (TPSA) is 81.9 Å².